The van der Waals surface area contributed by atoms with Crippen LogP contribution in [-0.2, 0) is 6.54 Å². The summed E-state index contributed by atoms with van der Waals surface area (Å²) in [6.45, 7) is 0.371. The van der Waals surface area contributed by atoms with Gasteiger partial charge in [0.1, 0.15) is 5.76 Å². The molecule has 0 unspecified atom stereocenters. The molecule has 0 N–H and O–H groups in total. The molecule has 0 radical (unpaired) electrons. The van der Waals surface area contributed by atoms with E-state index in [1.54, 1.807) is 30.1 Å². The van der Waals surface area contributed by atoms with E-state index in [1.165, 1.54) is 4.90 Å². The van der Waals surface area contributed by atoms with Crippen LogP contribution in [0.3, 0.4) is 0 Å². The van der Waals surface area contributed by atoms with Gasteiger partial charge in [-0.1, -0.05) is 17.7 Å². The van der Waals surface area contributed by atoms with Crippen LogP contribution in [0.15, 0.2) is 47.2 Å². The summed E-state index contributed by atoms with van der Waals surface area (Å²) in [6, 6.07) is 9.10. The highest BCUT2D eigenvalue weighted by Crippen LogP contribution is 2.23. The van der Waals surface area contributed by atoms with Crippen molar-refractivity contribution in [3.63, 3.8) is 0 Å². The van der Waals surface area contributed by atoms with Crippen molar-refractivity contribution in [3.05, 3.63) is 59.3 Å². The molecule has 6 heteroatoms. The van der Waals surface area contributed by atoms with Gasteiger partial charge in [0.15, 0.2) is 5.69 Å². The van der Waals surface area contributed by atoms with E-state index in [2.05, 4.69) is 5.10 Å². The number of halogens is 1. The molecule has 3 aromatic heterocycles. The van der Waals surface area contributed by atoms with Crippen LogP contribution in [0.2, 0.25) is 5.02 Å². The van der Waals surface area contributed by atoms with Crippen LogP contribution in [0, 0.1) is 0 Å². The van der Waals surface area contributed by atoms with E-state index in [0.29, 0.717) is 22.8 Å². The zero-order valence-corrected chi connectivity index (χ0v) is 11.5. The van der Waals surface area contributed by atoms with Crippen molar-refractivity contribution >= 4 is 23.0 Å². The van der Waals surface area contributed by atoms with Gasteiger partial charge in [-0.2, -0.15) is 5.10 Å². The first-order valence-corrected chi connectivity index (χ1v) is 6.45. The molecular weight excluding hydrogens is 278 g/mol. The average Bonchev–Trinajstić information content (AvgIpc) is 3.07. The number of hydrogen-bond donors (Lipinski definition) is 0. The lowest BCUT2D eigenvalue weighted by atomic mass is 10.3. The van der Waals surface area contributed by atoms with Crippen molar-refractivity contribution in [2.24, 2.45) is 0 Å². The number of pyridine rings is 1. The van der Waals surface area contributed by atoms with Gasteiger partial charge in [0, 0.05) is 13.2 Å². The number of amides is 1. The molecule has 20 heavy (non-hydrogen) atoms. The predicted molar refractivity (Wildman–Crippen MR) is 74.7 cm³/mol. The number of hydrogen-bond acceptors (Lipinski definition) is 3. The third-order valence-corrected chi connectivity index (χ3v) is 3.37. The fourth-order valence-electron chi connectivity index (χ4n) is 1.99. The fraction of sp³-hybridized carbons (Fsp3) is 0.143. The van der Waals surface area contributed by atoms with Gasteiger partial charge in [-0.3, -0.25) is 4.79 Å². The Balaban J connectivity index is 1.90. The molecule has 3 rings (SSSR count). The molecule has 1 amide bonds. The molecule has 0 saturated heterocycles. The summed E-state index contributed by atoms with van der Waals surface area (Å²) in [7, 11) is 1.69. The topological polar surface area (TPSA) is 50.8 Å². The van der Waals surface area contributed by atoms with E-state index in [1.807, 2.05) is 24.3 Å². The van der Waals surface area contributed by atoms with E-state index in [4.69, 9.17) is 16.0 Å². The molecule has 0 saturated carbocycles. The summed E-state index contributed by atoms with van der Waals surface area (Å²) in [5, 5.41) is 4.59. The number of carbonyl (C=O) groups excluding carboxylic acids is 1. The molecule has 0 aliphatic rings. The van der Waals surface area contributed by atoms with Crippen molar-refractivity contribution in [2.75, 3.05) is 7.05 Å². The molecule has 0 atom stereocenters. The molecule has 0 aliphatic carbocycles. The maximum Gasteiger partial charge on any atom is 0.276 e. The minimum Gasteiger partial charge on any atom is -0.467 e. The fourth-order valence-corrected chi connectivity index (χ4v) is 2.26. The number of carbonyl (C=O) groups is 1. The first kappa shape index (κ1) is 12.7. The Hall–Kier alpha value is -2.27. The molecule has 0 spiro atoms. The Morgan fingerprint density at radius 3 is 2.95 bits per heavy atom. The smallest absolute Gasteiger partial charge is 0.276 e. The minimum atomic E-state index is -0.241. The summed E-state index contributed by atoms with van der Waals surface area (Å²) in [4.78, 5) is 13.9. The lowest BCUT2D eigenvalue weighted by Gasteiger charge is -2.14. The summed E-state index contributed by atoms with van der Waals surface area (Å²) < 4.78 is 6.82. The second kappa shape index (κ2) is 5.02. The highest BCUT2D eigenvalue weighted by Gasteiger charge is 2.21. The second-order valence-electron chi connectivity index (χ2n) is 4.43. The molecule has 0 bridgehead atoms. The van der Waals surface area contributed by atoms with Crippen LogP contribution >= 0.6 is 11.6 Å². The van der Waals surface area contributed by atoms with E-state index in [9.17, 15) is 4.79 Å². The number of furan rings is 1. The third kappa shape index (κ3) is 2.16. The van der Waals surface area contributed by atoms with Crippen molar-refractivity contribution in [1.82, 2.24) is 14.5 Å². The molecular formula is C14H12ClN3O2. The minimum absolute atomic E-state index is 0.241. The Kier molecular flexibility index (Phi) is 3.20. The van der Waals surface area contributed by atoms with Crippen LogP contribution in [-0.4, -0.2) is 27.5 Å². The van der Waals surface area contributed by atoms with Crippen LogP contribution in [0.5, 0.6) is 0 Å². The summed E-state index contributed by atoms with van der Waals surface area (Å²) >= 11 is 6.22. The van der Waals surface area contributed by atoms with E-state index in [0.717, 1.165) is 0 Å². The molecule has 0 aromatic carbocycles. The summed E-state index contributed by atoms with van der Waals surface area (Å²) in [5.74, 6) is 0.468. The van der Waals surface area contributed by atoms with Gasteiger partial charge in [0.25, 0.3) is 5.91 Å². The largest absolute Gasteiger partial charge is 0.467 e. The maximum atomic E-state index is 12.4. The summed E-state index contributed by atoms with van der Waals surface area (Å²) in [5.41, 5.74) is 0.954. The van der Waals surface area contributed by atoms with Crippen LogP contribution in [0.25, 0.3) is 5.52 Å². The van der Waals surface area contributed by atoms with Gasteiger partial charge in [0.05, 0.1) is 23.3 Å². The molecule has 0 fully saturated rings. The quantitative estimate of drug-likeness (QED) is 0.745. The SMILES string of the molecule is CN(Cc1ccco1)C(=O)c1nn2ccccc2c1Cl. The Bertz CT molecular complexity index is 749. The molecule has 5 nitrogen and oxygen atoms in total. The lowest BCUT2D eigenvalue weighted by Crippen LogP contribution is -2.26. The highest BCUT2D eigenvalue weighted by atomic mass is 35.5. The molecule has 0 aliphatic heterocycles. The van der Waals surface area contributed by atoms with Crippen molar-refractivity contribution in [3.8, 4) is 0 Å². The van der Waals surface area contributed by atoms with E-state index in [-0.39, 0.29) is 11.6 Å². The maximum absolute atomic E-state index is 12.4. The summed E-state index contributed by atoms with van der Waals surface area (Å²) in [6.07, 6.45) is 3.33. The Labute approximate surface area is 120 Å². The van der Waals surface area contributed by atoms with E-state index >= 15 is 0 Å². The van der Waals surface area contributed by atoms with Crippen molar-refractivity contribution in [2.45, 2.75) is 6.54 Å². The first-order chi connectivity index (χ1) is 9.66. The monoisotopic (exact) mass is 289 g/mol. The second-order valence-corrected chi connectivity index (χ2v) is 4.81. The Morgan fingerprint density at radius 2 is 2.25 bits per heavy atom. The van der Waals surface area contributed by atoms with Gasteiger partial charge in [-0.15, -0.1) is 0 Å². The van der Waals surface area contributed by atoms with Crippen LogP contribution in [0.4, 0.5) is 0 Å². The van der Waals surface area contributed by atoms with Crippen LogP contribution in [0.1, 0.15) is 16.2 Å². The molecule has 3 heterocycles. The van der Waals surface area contributed by atoms with Gasteiger partial charge in [-0.05, 0) is 24.3 Å². The first-order valence-electron chi connectivity index (χ1n) is 6.07. The van der Waals surface area contributed by atoms with Crippen molar-refractivity contribution < 1.29 is 9.21 Å². The zero-order chi connectivity index (χ0) is 14.1. The van der Waals surface area contributed by atoms with Gasteiger partial charge in [0.2, 0.25) is 0 Å². The number of rotatable bonds is 3. The lowest BCUT2D eigenvalue weighted by molar-refractivity contribution is 0.0769. The molecule has 102 valence electrons. The average molecular weight is 290 g/mol. The van der Waals surface area contributed by atoms with Gasteiger partial charge >= 0.3 is 0 Å². The third-order valence-electron chi connectivity index (χ3n) is 3.00. The standard InChI is InChI=1S/C14H12ClN3O2/c1-17(9-10-5-4-8-20-10)14(19)13-12(15)11-6-2-3-7-18(11)16-13/h2-8H,9H2,1H3. The van der Waals surface area contributed by atoms with E-state index < -0.39 is 0 Å². The number of nitrogens with zero attached hydrogens (tertiary/aromatic N) is 3. The number of aromatic nitrogens is 2. The van der Waals surface area contributed by atoms with Crippen molar-refractivity contribution in [1.29, 1.82) is 0 Å². The highest BCUT2D eigenvalue weighted by molar-refractivity contribution is 6.36. The van der Waals surface area contributed by atoms with Gasteiger partial charge < -0.3 is 9.32 Å². The number of fused-ring (bicyclic) bond motifs is 1. The Morgan fingerprint density at radius 1 is 1.40 bits per heavy atom. The zero-order valence-electron chi connectivity index (χ0n) is 10.8. The normalized spacial score (nSPS) is 10.9. The van der Waals surface area contributed by atoms with Crippen LogP contribution < -0.4 is 0 Å². The predicted octanol–water partition coefficient (Wildman–Crippen LogP) is 2.85. The van der Waals surface area contributed by atoms with Gasteiger partial charge in [-0.25, -0.2) is 4.52 Å². The molecule has 3 aromatic rings.